The van der Waals surface area contributed by atoms with Crippen LogP contribution in [0.5, 0.6) is 5.75 Å². The Morgan fingerprint density at radius 2 is 1.97 bits per heavy atom. The molecule has 0 radical (unpaired) electrons. The Hall–Kier alpha value is -2.65. The van der Waals surface area contributed by atoms with Crippen LogP contribution in [0.1, 0.15) is 55.3 Å². The number of fused-ring (bicyclic) bond motifs is 2. The Kier molecular flexibility index (Phi) is 8.28. The third kappa shape index (κ3) is 6.32. The smallest absolute Gasteiger partial charge is 0.257 e. The maximum absolute atomic E-state index is 13.3. The Morgan fingerprint density at radius 1 is 1.17 bits per heavy atom. The van der Waals surface area contributed by atoms with Crippen molar-refractivity contribution in [3.05, 3.63) is 23.8 Å². The van der Waals surface area contributed by atoms with Gasteiger partial charge in [0.05, 0.1) is 24.1 Å². The van der Waals surface area contributed by atoms with E-state index in [2.05, 4.69) is 15.5 Å². The molecule has 9 heteroatoms. The Balaban J connectivity index is 1.36. The molecule has 35 heavy (non-hydrogen) atoms. The summed E-state index contributed by atoms with van der Waals surface area (Å²) in [6.45, 7) is 1.87. The summed E-state index contributed by atoms with van der Waals surface area (Å²) < 4.78 is 12.3. The number of benzene rings is 1. The maximum atomic E-state index is 13.3. The van der Waals surface area contributed by atoms with E-state index in [1.165, 1.54) is 0 Å². The van der Waals surface area contributed by atoms with E-state index in [9.17, 15) is 14.4 Å². The molecule has 1 aliphatic carbocycles. The molecule has 2 fully saturated rings. The van der Waals surface area contributed by atoms with E-state index >= 15 is 0 Å². The van der Waals surface area contributed by atoms with Crippen molar-refractivity contribution in [3.63, 3.8) is 0 Å². The summed E-state index contributed by atoms with van der Waals surface area (Å²) in [5.41, 5.74) is 1.05. The van der Waals surface area contributed by atoms with Crippen LogP contribution in [0.25, 0.3) is 0 Å². The van der Waals surface area contributed by atoms with Gasteiger partial charge in [-0.1, -0.05) is 6.42 Å². The lowest BCUT2D eigenvalue weighted by Crippen LogP contribution is -2.54. The first-order chi connectivity index (χ1) is 16.8. The lowest BCUT2D eigenvalue weighted by molar-refractivity contribution is -0.134. The van der Waals surface area contributed by atoms with Gasteiger partial charge in [-0.2, -0.15) is 0 Å². The first-order valence-corrected chi connectivity index (χ1v) is 12.7. The van der Waals surface area contributed by atoms with E-state index < -0.39 is 0 Å². The first-order valence-electron chi connectivity index (χ1n) is 12.7. The highest BCUT2D eigenvalue weighted by molar-refractivity contribution is 6.00. The highest BCUT2D eigenvalue weighted by Crippen LogP contribution is 2.33. The van der Waals surface area contributed by atoms with E-state index in [1.807, 2.05) is 14.1 Å². The van der Waals surface area contributed by atoms with Crippen LogP contribution in [-0.2, 0) is 14.3 Å². The third-order valence-corrected chi connectivity index (χ3v) is 7.27. The van der Waals surface area contributed by atoms with E-state index in [4.69, 9.17) is 9.47 Å². The molecule has 1 saturated carbocycles. The Bertz CT molecular complexity index is 932. The van der Waals surface area contributed by atoms with Crippen molar-refractivity contribution in [2.45, 2.75) is 63.2 Å². The monoisotopic (exact) mass is 486 g/mol. The van der Waals surface area contributed by atoms with Crippen molar-refractivity contribution >= 4 is 23.4 Å². The maximum Gasteiger partial charge on any atom is 0.257 e. The summed E-state index contributed by atoms with van der Waals surface area (Å²) in [6.07, 6.45) is 5.08. The largest absolute Gasteiger partial charge is 0.490 e. The molecule has 0 spiro atoms. The SMILES string of the molecule is CN(C)CCCNC(=O)C[C@H]1CC[C@H]2[C@H](COc3ccc(NC(=O)C4CCC4)cc3C(=O)N2C)O1. The highest BCUT2D eigenvalue weighted by Gasteiger charge is 2.39. The van der Waals surface area contributed by atoms with Gasteiger partial charge in [0.25, 0.3) is 5.91 Å². The summed E-state index contributed by atoms with van der Waals surface area (Å²) in [7, 11) is 5.81. The van der Waals surface area contributed by atoms with Crippen LogP contribution in [0, 0.1) is 5.92 Å². The van der Waals surface area contributed by atoms with Crippen molar-refractivity contribution in [3.8, 4) is 5.75 Å². The van der Waals surface area contributed by atoms with Crippen molar-refractivity contribution in [1.82, 2.24) is 15.1 Å². The number of ether oxygens (including phenoxy) is 2. The second-order valence-electron chi connectivity index (χ2n) is 10.2. The van der Waals surface area contributed by atoms with Crippen LogP contribution >= 0.6 is 0 Å². The number of anilines is 1. The molecule has 3 atom stereocenters. The second-order valence-corrected chi connectivity index (χ2v) is 10.2. The number of likely N-dealkylation sites (N-methyl/N-ethyl adjacent to an activating group) is 1. The predicted octanol–water partition coefficient (Wildman–Crippen LogP) is 2.26. The molecule has 0 unspecified atom stereocenters. The molecule has 0 bridgehead atoms. The van der Waals surface area contributed by atoms with Crippen LogP contribution in [0.4, 0.5) is 5.69 Å². The molecular formula is C26H38N4O5. The number of hydrogen-bond donors (Lipinski definition) is 2. The van der Waals surface area contributed by atoms with Gasteiger partial charge in [0.15, 0.2) is 0 Å². The Morgan fingerprint density at radius 3 is 2.69 bits per heavy atom. The number of nitrogens with one attached hydrogen (secondary N) is 2. The van der Waals surface area contributed by atoms with Gasteiger partial charge in [-0.3, -0.25) is 14.4 Å². The lowest BCUT2D eigenvalue weighted by atomic mass is 9.85. The first kappa shape index (κ1) is 25.4. The van der Waals surface area contributed by atoms with E-state index in [-0.39, 0.29) is 41.9 Å². The number of rotatable bonds is 8. The molecule has 4 rings (SSSR count). The van der Waals surface area contributed by atoms with E-state index in [1.54, 1.807) is 30.1 Å². The van der Waals surface area contributed by atoms with Crippen molar-refractivity contribution < 1.29 is 23.9 Å². The molecule has 3 aliphatic rings. The lowest BCUT2D eigenvalue weighted by Gasteiger charge is -2.42. The quantitative estimate of drug-likeness (QED) is 0.547. The average molecular weight is 487 g/mol. The fourth-order valence-electron chi connectivity index (χ4n) is 4.92. The highest BCUT2D eigenvalue weighted by atomic mass is 16.5. The van der Waals surface area contributed by atoms with Gasteiger partial charge in [0, 0.05) is 25.2 Å². The summed E-state index contributed by atoms with van der Waals surface area (Å²) >= 11 is 0. The number of amides is 3. The average Bonchev–Trinajstić information content (AvgIpc) is 2.78. The van der Waals surface area contributed by atoms with Crippen LogP contribution in [0.15, 0.2) is 18.2 Å². The minimum Gasteiger partial charge on any atom is -0.490 e. The van der Waals surface area contributed by atoms with Crippen molar-refractivity contribution in [2.24, 2.45) is 5.92 Å². The predicted molar refractivity (Wildman–Crippen MR) is 132 cm³/mol. The molecule has 192 valence electrons. The molecule has 9 nitrogen and oxygen atoms in total. The zero-order valence-corrected chi connectivity index (χ0v) is 21.0. The topological polar surface area (TPSA) is 100 Å². The number of nitrogens with zero attached hydrogens (tertiary/aromatic N) is 2. The fraction of sp³-hybridized carbons (Fsp3) is 0.654. The van der Waals surface area contributed by atoms with Crippen LogP contribution in [0.2, 0.25) is 0 Å². The van der Waals surface area contributed by atoms with Gasteiger partial charge < -0.3 is 29.9 Å². The molecule has 2 heterocycles. The molecule has 0 aromatic heterocycles. The second kappa shape index (κ2) is 11.4. The summed E-state index contributed by atoms with van der Waals surface area (Å²) in [4.78, 5) is 41.9. The van der Waals surface area contributed by atoms with Gasteiger partial charge in [-0.15, -0.1) is 0 Å². The fourth-order valence-corrected chi connectivity index (χ4v) is 4.92. The summed E-state index contributed by atoms with van der Waals surface area (Å²) in [6, 6.07) is 5.08. The molecule has 3 amide bonds. The van der Waals surface area contributed by atoms with Crippen LogP contribution < -0.4 is 15.4 Å². The minimum absolute atomic E-state index is 0.00905. The molecule has 2 aliphatic heterocycles. The van der Waals surface area contributed by atoms with Gasteiger partial charge in [-0.25, -0.2) is 0 Å². The zero-order valence-electron chi connectivity index (χ0n) is 21.0. The summed E-state index contributed by atoms with van der Waals surface area (Å²) in [5.74, 6) is 0.392. The van der Waals surface area contributed by atoms with Gasteiger partial charge in [-0.05, 0) is 70.9 Å². The number of carbonyl (C=O) groups is 3. The zero-order chi connectivity index (χ0) is 24.9. The van der Waals surface area contributed by atoms with Crippen molar-refractivity contribution in [1.29, 1.82) is 0 Å². The van der Waals surface area contributed by atoms with Crippen molar-refractivity contribution in [2.75, 3.05) is 46.2 Å². The van der Waals surface area contributed by atoms with E-state index in [0.29, 0.717) is 43.0 Å². The molecule has 1 aromatic carbocycles. The normalized spacial score (nSPS) is 24.4. The van der Waals surface area contributed by atoms with Crippen LogP contribution in [0.3, 0.4) is 0 Å². The van der Waals surface area contributed by atoms with Crippen LogP contribution in [-0.4, -0.2) is 86.6 Å². The van der Waals surface area contributed by atoms with Gasteiger partial charge >= 0.3 is 0 Å². The minimum atomic E-state index is -0.310. The number of carbonyl (C=O) groups excluding carboxylic acids is 3. The standard InChI is InChI=1S/C26H38N4O5/c1-29(2)13-5-12-27-24(31)15-19-9-10-21-23(35-19)16-34-22-11-8-18(14-20(22)26(33)30(21)3)28-25(32)17-6-4-7-17/h8,11,14,17,19,21,23H,4-7,9-10,12-13,15-16H2,1-3H3,(H,27,31)(H,28,32)/t19-,21+,23+/m1/s1. The summed E-state index contributed by atoms with van der Waals surface area (Å²) in [5, 5.41) is 5.91. The number of hydrogen-bond acceptors (Lipinski definition) is 6. The van der Waals surface area contributed by atoms with Gasteiger partial charge in [0.1, 0.15) is 18.5 Å². The van der Waals surface area contributed by atoms with Gasteiger partial charge in [0.2, 0.25) is 11.8 Å². The Labute approximate surface area is 207 Å². The molecule has 1 aromatic rings. The molecule has 1 saturated heterocycles. The third-order valence-electron chi connectivity index (χ3n) is 7.27. The molecule has 2 N–H and O–H groups in total. The van der Waals surface area contributed by atoms with E-state index in [0.717, 1.165) is 38.6 Å². The molecular weight excluding hydrogens is 448 g/mol.